The molecule has 1 N–H and O–H groups in total. The second kappa shape index (κ2) is 8.18. The van der Waals surface area contributed by atoms with Crippen LogP contribution >= 0.6 is 0 Å². The lowest BCUT2D eigenvalue weighted by Gasteiger charge is -2.33. The van der Waals surface area contributed by atoms with Gasteiger partial charge in [-0.3, -0.25) is 0 Å². The van der Waals surface area contributed by atoms with Crippen LogP contribution in [0.25, 0.3) is 10.8 Å². The molecule has 0 bridgehead atoms. The van der Waals surface area contributed by atoms with Crippen molar-refractivity contribution in [1.29, 1.82) is 0 Å². The van der Waals surface area contributed by atoms with Crippen molar-refractivity contribution in [2.24, 2.45) is 4.99 Å². The van der Waals surface area contributed by atoms with Crippen molar-refractivity contribution in [2.75, 3.05) is 32.7 Å². The number of rotatable bonds is 4. The number of ether oxygens (including phenoxy) is 1. The monoisotopic (exact) mass is 390 g/mol. The van der Waals surface area contributed by atoms with Gasteiger partial charge in [0.05, 0.1) is 0 Å². The number of amides is 2. The summed E-state index contributed by atoms with van der Waals surface area (Å²) in [4.78, 5) is 32.5. The second-order valence-electron chi connectivity index (χ2n) is 6.85. The highest BCUT2D eigenvalue weighted by Gasteiger charge is 2.27. The van der Waals surface area contributed by atoms with E-state index in [0.29, 0.717) is 38.6 Å². The molecule has 4 rings (SSSR count). The first-order valence-corrected chi connectivity index (χ1v) is 9.54. The van der Waals surface area contributed by atoms with E-state index in [-0.39, 0.29) is 11.7 Å². The SMILES string of the molecule is C=CCNC(=O)N1CCN(C=C2N=C(c3cccc4ccccc34)OC2=O)CC1. The van der Waals surface area contributed by atoms with Gasteiger partial charge in [-0.05, 0) is 16.8 Å². The third-order valence-electron chi connectivity index (χ3n) is 4.94. The Morgan fingerprint density at radius 2 is 1.90 bits per heavy atom. The van der Waals surface area contributed by atoms with E-state index in [1.165, 1.54) is 0 Å². The Morgan fingerprint density at radius 1 is 1.14 bits per heavy atom. The van der Waals surface area contributed by atoms with E-state index in [9.17, 15) is 9.59 Å². The van der Waals surface area contributed by atoms with Crippen LogP contribution in [0.1, 0.15) is 5.56 Å². The summed E-state index contributed by atoms with van der Waals surface area (Å²) >= 11 is 0. The predicted octanol–water partition coefficient (Wildman–Crippen LogP) is 2.50. The molecule has 0 spiro atoms. The highest BCUT2D eigenvalue weighted by molar-refractivity contribution is 6.16. The summed E-state index contributed by atoms with van der Waals surface area (Å²) in [5, 5.41) is 4.82. The third-order valence-corrected chi connectivity index (χ3v) is 4.94. The van der Waals surface area contributed by atoms with Crippen molar-refractivity contribution >= 4 is 28.7 Å². The summed E-state index contributed by atoms with van der Waals surface area (Å²) in [6.07, 6.45) is 3.37. The van der Waals surface area contributed by atoms with Crippen LogP contribution in [0.4, 0.5) is 4.79 Å². The normalized spacial score (nSPS) is 18.0. The fraction of sp³-hybridized carbons (Fsp3) is 0.227. The Bertz CT molecular complexity index is 1010. The average molecular weight is 390 g/mol. The van der Waals surface area contributed by atoms with Crippen LogP contribution < -0.4 is 5.32 Å². The topological polar surface area (TPSA) is 74.2 Å². The van der Waals surface area contributed by atoms with Gasteiger partial charge in [-0.25, -0.2) is 14.6 Å². The predicted molar refractivity (Wildman–Crippen MR) is 111 cm³/mol. The number of carbonyl (C=O) groups excluding carboxylic acids is 2. The van der Waals surface area contributed by atoms with Crippen molar-refractivity contribution < 1.29 is 14.3 Å². The number of carbonyl (C=O) groups is 2. The van der Waals surface area contributed by atoms with Crippen LogP contribution in [0, 0.1) is 0 Å². The van der Waals surface area contributed by atoms with E-state index in [0.717, 1.165) is 16.3 Å². The van der Waals surface area contributed by atoms with Gasteiger partial charge in [-0.15, -0.1) is 6.58 Å². The minimum Gasteiger partial charge on any atom is -0.402 e. The summed E-state index contributed by atoms with van der Waals surface area (Å²) in [6.45, 7) is 6.43. The Balaban J connectivity index is 1.48. The van der Waals surface area contributed by atoms with Crippen molar-refractivity contribution in [1.82, 2.24) is 15.1 Å². The summed E-state index contributed by atoms with van der Waals surface area (Å²) in [5.74, 6) is -0.139. The first kappa shape index (κ1) is 18.7. The lowest BCUT2D eigenvalue weighted by molar-refractivity contribution is -0.130. The molecule has 0 unspecified atom stereocenters. The number of urea groups is 1. The van der Waals surface area contributed by atoms with E-state index < -0.39 is 5.97 Å². The number of nitrogens with one attached hydrogen (secondary N) is 1. The Morgan fingerprint density at radius 3 is 2.69 bits per heavy atom. The smallest absolute Gasteiger partial charge is 0.365 e. The molecule has 0 radical (unpaired) electrons. The van der Waals surface area contributed by atoms with Crippen molar-refractivity contribution in [3.05, 3.63) is 72.6 Å². The Labute approximate surface area is 169 Å². The first-order chi connectivity index (χ1) is 14.2. The quantitative estimate of drug-likeness (QED) is 0.495. The summed E-state index contributed by atoms with van der Waals surface area (Å²) in [7, 11) is 0. The number of nitrogens with zero attached hydrogens (tertiary/aromatic N) is 3. The lowest BCUT2D eigenvalue weighted by Crippen LogP contribution is -2.50. The van der Waals surface area contributed by atoms with Gasteiger partial charge in [0.2, 0.25) is 5.90 Å². The van der Waals surface area contributed by atoms with E-state index >= 15 is 0 Å². The maximum atomic E-state index is 12.3. The van der Waals surface area contributed by atoms with Crippen LogP contribution in [0.15, 0.2) is 72.0 Å². The van der Waals surface area contributed by atoms with Gasteiger partial charge >= 0.3 is 12.0 Å². The number of benzene rings is 2. The molecule has 0 saturated carbocycles. The Hall–Kier alpha value is -3.61. The molecule has 29 heavy (non-hydrogen) atoms. The molecule has 0 atom stereocenters. The minimum atomic E-state index is -0.459. The number of hydrogen-bond acceptors (Lipinski definition) is 5. The van der Waals surface area contributed by atoms with E-state index in [2.05, 4.69) is 16.9 Å². The highest BCUT2D eigenvalue weighted by atomic mass is 16.6. The fourth-order valence-corrected chi connectivity index (χ4v) is 3.42. The summed E-state index contributed by atoms with van der Waals surface area (Å²) in [6, 6.07) is 13.6. The van der Waals surface area contributed by atoms with E-state index in [1.54, 1.807) is 17.2 Å². The number of cyclic esters (lactones) is 1. The lowest BCUT2D eigenvalue weighted by atomic mass is 10.0. The molecule has 7 heteroatoms. The molecule has 2 aromatic rings. The number of esters is 1. The number of hydrogen-bond donors (Lipinski definition) is 1. The van der Waals surface area contributed by atoms with Gasteiger partial charge in [0.15, 0.2) is 5.70 Å². The van der Waals surface area contributed by atoms with Gasteiger partial charge in [-0.2, -0.15) is 0 Å². The van der Waals surface area contributed by atoms with Crippen LogP contribution in [0.5, 0.6) is 0 Å². The molecule has 2 heterocycles. The zero-order chi connectivity index (χ0) is 20.2. The van der Waals surface area contributed by atoms with Gasteiger partial charge in [0.1, 0.15) is 0 Å². The van der Waals surface area contributed by atoms with Crippen LogP contribution in [-0.4, -0.2) is 60.4 Å². The van der Waals surface area contributed by atoms with Crippen molar-refractivity contribution in [2.45, 2.75) is 0 Å². The Kier molecular flexibility index (Phi) is 5.29. The van der Waals surface area contributed by atoms with Gasteiger partial charge in [0, 0.05) is 44.5 Å². The molecule has 2 aliphatic heterocycles. The van der Waals surface area contributed by atoms with E-state index in [1.807, 2.05) is 47.4 Å². The molecule has 2 aromatic carbocycles. The van der Waals surface area contributed by atoms with E-state index in [4.69, 9.17) is 4.74 Å². The van der Waals surface area contributed by atoms with Crippen LogP contribution in [0.3, 0.4) is 0 Å². The maximum absolute atomic E-state index is 12.3. The molecular formula is C22H22N4O3. The largest absolute Gasteiger partial charge is 0.402 e. The number of fused-ring (bicyclic) bond motifs is 1. The zero-order valence-electron chi connectivity index (χ0n) is 16.0. The molecule has 1 fully saturated rings. The second-order valence-corrected chi connectivity index (χ2v) is 6.85. The third kappa shape index (κ3) is 3.99. The molecule has 7 nitrogen and oxygen atoms in total. The van der Waals surface area contributed by atoms with Crippen molar-refractivity contribution in [3.63, 3.8) is 0 Å². The number of aliphatic imine (C=N–C) groups is 1. The minimum absolute atomic E-state index is 0.103. The average Bonchev–Trinajstić information content (AvgIpc) is 3.12. The molecule has 0 aliphatic carbocycles. The maximum Gasteiger partial charge on any atom is 0.365 e. The molecule has 148 valence electrons. The first-order valence-electron chi connectivity index (χ1n) is 9.54. The molecule has 2 amide bonds. The molecule has 0 aromatic heterocycles. The van der Waals surface area contributed by atoms with Gasteiger partial charge in [-0.1, -0.05) is 42.5 Å². The van der Waals surface area contributed by atoms with Crippen LogP contribution in [-0.2, 0) is 9.53 Å². The highest BCUT2D eigenvalue weighted by Crippen LogP contribution is 2.24. The van der Waals surface area contributed by atoms with Gasteiger partial charge in [0.25, 0.3) is 0 Å². The summed E-state index contributed by atoms with van der Waals surface area (Å²) < 4.78 is 5.45. The fourth-order valence-electron chi connectivity index (χ4n) is 3.42. The zero-order valence-corrected chi connectivity index (χ0v) is 16.0. The standard InChI is InChI=1S/C22H22N4O3/c1-2-10-23-22(28)26-13-11-25(12-14-26)15-19-21(27)29-20(24-19)18-9-5-7-16-6-3-4-8-17(16)18/h2-9,15H,1,10-14H2,(H,23,28). The van der Waals surface area contributed by atoms with Gasteiger partial charge < -0.3 is 19.9 Å². The van der Waals surface area contributed by atoms with Crippen molar-refractivity contribution in [3.8, 4) is 0 Å². The molecular weight excluding hydrogens is 368 g/mol. The molecule has 2 aliphatic rings. The summed E-state index contributed by atoms with van der Waals surface area (Å²) in [5.41, 5.74) is 1.07. The van der Waals surface area contributed by atoms with Crippen LogP contribution in [0.2, 0.25) is 0 Å². The number of piperazine rings is 1. The molecule has 1 saturated heterocycles.